The number of benzene rings is 1. The fourth-order valence-electron chi connectivity index (χ4n) is 1.51. The van der Waals surface area contributed by atoms with E-state index < -0.39 is 0 Å². The zero-order chi connectivity index (χ0) is 13.4. The number of methoxy groups -OCH3 is 1. The van der Waals surface area contributed by atoms with Crippen molar-refractivity contribution in [3.8, 4) is 11.5 Å². The molecule has 0 aliphatic carbocycles. The van der Waals surface area contributed by atoms with E-state index in [0.29, 0.717) is 23.1 Å². The van der Waals surface area contributed by atoms with Crippen molar-refractivity contribution < 1.29 is 14.6 Å². The van der Waals surface area contributed by atoms with E-state index in [4.69, 9.17) is 32.5 Å². The van der Waals surface area contributed by atoms with Gasteiger partial charge in [0.2, 0.25) is 0 Å². The first kappa shape index (κ1) is 14.7. The van der Waals surface area contributed by atoms with Gasteiger partial charge in [-0.2, -0.15) is 0 Å². The molecule has 100 valence electrons. The Hall–Kier alpha value is -1.33. The lowest BCUT2D eigenvalue weighted by molar-refractivity contribution is 0.260. The average Bonchev–Trinajstić information content (AvgIpc) is 2.38. The SMILES string of the molecule is COc1cc(C(N)=S)ccc1OCCCCCO. The lowest BCUT2D eigenvalue weighted by atomic mass is 10.2. The van der Waals surface area contributed by atoms with Gasteiger partial charge in [0.1, 0.15) is 4.99 Å². The van der Waals surface area contributed by atoms with E-state index in [1.54, 1.807) is 19.2 Å². The second kappa shape index (κ2) is 7.89. The molecule has 5 heteroatoms. The number of hydrogen-bond donors (Lipinski definition) is 2. The van der Waals surface area contributed by atoms with Gasteiger partial charge >= 0.3 is 0 Å². The fourth-order valence-corrected chi connectivity index (χ4v) is 1.64. The number of unbranched alkanes of at least 4 members (excludes halogenated alkanes) is 2. The topological polar surface area (TPSA) is 64.7 Å². The van der Waals surface area contributed by atoms with Crippen molar-refractivity contribution in [3.05, 3.63) is 23.8 Å². The molecule has 0 atom stereocenters. The summed E-state index contributed by atoms with van der Waals surface area (Å²) in [5.74, 6) is 1.31. The van der Waals surface area contributed by atoms with Crippen molar-refractivity contribution in [3.63, 3.8) is 0 Å². The van der Waals surface area contributed by atoms with Gasteiger partial charge in [-0.15, -0.1) is 0 Å². The van der Waals surface area contributed by atoms with Crippen molar-refractivity contribution in [1.82, 2.24) is 0 Å². The molecule has 3 N–H and O–H groups in total. The molecule has 4 nitrogen and oxygen atoms in total. The third kappa shape index (κ3) is 4.50. The third-order valence-corrected chi connectivity index (χ3v) is 2.74. The largest absolute Gasteiger partial charge is 0.493 e. The Morgan fingerprint density at radius 1 is 1.28 bits per heavy atom. The smallest absolute Gasteiger partial charge is 0.161 e. The molecule has 0 radical (unpaired) electrons. The maximum atomic E-state index is 8.66. The molecule has 0 fully saturated rings. The molecular formula is C13H19NO3S. The summed E-state index contributed by atoms with van der Waals surface area (Å²) in [5.41, 5.74) is 6.31. The van der Waals surface area contributed by atoms with Gasteiger partial charge in [-0.1, -0.05) is 12.2 Å². The second-order valence-electron chi connectivity index (χ2n) is 3.86. The van der Waals surface area contributed by atoms with Crippen LogP contribution < -0.4 is 15.2 Å². The van der Waals surface area contributed by atoms with Gasteiger partial charge in [0.05, 0.1) is 13.7 Å². The van der Waals surface area contributed by atoms with E-state index in [-0.39, 0.29) is 6.61 Å². The van der Waals surface area contributed by atoms with Crippen LogP contribution in [0.4, 0.5) is 0 Å². The van der Waals surface area contributed by atoms with Gasteiger partial charge in [0.25, 0.3) is 0 Å². The Kier molecular flexibility index (Phi) is 6.46. The highest BCUT2D eigenvalue weighted by atomic mass is 32.1. The van der Waals surface area contributed by atoms with Crippen LogP contribution in [0.5, 0.6) is 11.5 Å². The van der Waals surface area contributed by atoms with Gasteiger partial charge in [-0.3, -0.25) is 0 Å². The molecular weight excluding hydrogens is 250 g/mol. The van der Waals surface area contributed by atoms with E-state index in [1.165, 1.54) is 0 Å². The summed E-state index contributed by atoms with van der Waals surface area (Å²) in [6.45, 7) is 0.828. The predicted octanol–water partition coefficient (Wildman–Crippen LogP) is 1.87. The van der Waals surface area contributed by atoms with Crippen LogP contribution in [-0.4, -0.2) is 30.4 Å². The van der Waals surface area contributed by atoms with Gasteiger partial charge in [-0.25, -0.2) is 0 Å². The Morgan fingerprint density at radius 2 is 2.06 bits per heavy atom. The van der Waals surface area contributed by atoms with E-state index in [0.717, 1.165) is 24.8 Å². The van der Waals surface area contributed by atoms with E-state index in [2.05, 4.69) is 0 Å². The van der Waals surface area contributed by atoms with Crippen LogP contribution in [0, 0.1) is 0 Å². The predicted molar refractivity (Wildman–Crippen MR) is 75.3 cm³/mol. The van der Waals surface area contributed by atoms with Crippen LogP contribution >= 0.6 is 12.2 Å². The number of thiocarbonyl (C=S) groups is 1. The fraction of sp³-hybridized carbons (Fsp3) is 0.462. The minimum Gasteiger partial charge on any atom is -0.493 e. The lowest BCUT2D eigenvalue weighted by Crippen LogP contribution is -2.09. The maximum absolute atomic E-state index is 8.66. The number of ether oxygens (including phenoxy) is 2. The summed E-state index contributed by atoms with van der Waals surface area (Å²) in [6.07, 6.45) is 2.66. The molecule has 1 aromatic carbocycles. The van der Waals surface area contributed by atoms with Crippen LogP contribution in [0.3, 0.4) is 0 Å². The first-order valence-electron chi connectivity index (χ1n) is 5.90. The van der Waals surface area contributed by atoms with E-state index in [1.807, 2.05) is 6.07 Å². The van der Waals surface area contributed by atoms with Gasteiger partial charge in [0.15, 0.2) is 11.5 Å². The molecule has 0 aliphatic heterocycles. The first-order chi connectivity index (χ1) is 8.69. The quantitative estimate of drug-likeness (QED) is 0.557. The number of aliphatic hydroxyl groups excluding tert-OH is 1. The zero-order valence-corrected chi connectivity index (χ0v) is 11.3. The molecule has 1 aromatic rings. The Balaban J connectivity index is 2.57. The molecule has 0 heterocycles. The van der Waals surface area contributed by atoms with Crippen LogP contribution in [0.15, 0.2) is 18.2 Å². The zero-order valence-electron chi connectivity index (χ0n) is 10.5. The molecule has 0 aromatic heterocycles. The van der Waals surface area contributed by atoms with Crippen LogP contribution in [0.1, 0.15) is 24.8 Å². The van der Waals surface area contributed by atoms with Gasteiger partial charge in [0, 0.05) is 12.2 Å². The molecule has 0 bridgehead atoms. The summed E-state index contributed by atoms with van der Waals surface area (Å²) < 4.78 is 10.9. The van der Waals surface area contributed by atoms with Crippen LogP contribution in [-0.2, 0) is 0 Å². The van der Waals surface area contributed by atoms with Crippen molar-refractivity contribution in [2.24, 2.45) is 5.73 Å². The first-order valence-corrected chi connectivity index (χ1v) is 6.31. The number of rotatable bonds is 8. The molecule has 0 saturated carbocycles. The highest BCUT2D eigenvalue weighted by Gasteiger charge is 2.06. The number of nitrogens with two attached hydrogens (primary N) is 1. The summed E-state index contributed by atoms with van der Waals surface area (Å²) in [5, 5.41) is 8.66. The highest BCUT2D eigenvalue weighted by Crippen LogP contribution is 2.28. The summed E-state index contributed by atoms with van der Waals surface area (Å²) >= 11 is 4.91. The van der Waals surface area contributed by atoms with Crippen molar-refractivity contribution in [2.45, 2.75) is 19.3 Å². The van der Waals surface area contributed by atoms with Gasteiger partial charge < -0.3 is 20.3 Å². The second-order valence-corrected chi connectivity index (χ2v) is 4.30. The maximum Gasteiger partial charge on any atom is 0.161 e. The standard InChI is InChI=1S/C13H19NO3S/c1-16-12-9-10(13(14)18)5-6-11(12)17-8-4-2-3-7-15/h5-6,9,15H,2-4,7-8H2,1H3,(H2,14,18). The molecule has 0 aliphatic rings. The Morgan fingerprint density at radius 3 is 2.67 bits per heavy atom. The molecule has 0 amide bonds. The molecule has 0 spiro atoms. The summed E-state index contributed by atoms with van der Waals surface area (Å²) in [6, 6.07) is 5.39. The van der Waals surface area contributed by atoms with E-state index >= 15 is 0 Å². The molecule has 18 heavy (non-hydrogen) atoms. The third-order valence-electron chi connectivity index (χ3n) is 2.51. The van der Waals surface area contributed by atoms with Crippen molar-refractivity contribution in [1.29, 1.82) is 0 Å². The van der Waals surface area contributed by atoms with Crippen molar-refractivity contribution >= 4 is 17.2 Å². The van der Waals surface area contributed by atoms with Crippen LogP contribution in [0.25, 0.3) is 0 Å². The Bertz CT molecular complexity index is 396. The molecule has 0 unspecified atom stereocenters. The lowest BCUT2D eigenvalue weighted by Gasteiger charge is -2.11. The summed E-state index contributed by atoms with van der Waals surface area (Å²) in [7, 11) is 1.58. The van der Waals surface area contributed by atoms with Gasteiger partial charge in [-0.05, 0) is 37.5 Å². The minimum absolute atomic E-state index is 0.228. The number of aliphatic hydroxyl groups is 1. The highest BCUT2D eigenvalue weighted by molar-refractivity contribution is 7.80. The van der Waals surface area contributed by atoms with Crippen molar-refractivity contribution in [2.75, 3.05) is 20.3 Å². The summed E-state index contributed by atoms with van der Waals surface area (Å²) in [4.78, 5) is 0.336. The minimum atomic E-state index is 0.228. The monoisotopic (exact) mass is 269 g/mol. The van der Waals surface area contributed by atoms with Crippen LogP contribution in [0.2, 0.25) is 0 Å². The normalized spacial score (nSPS) is 10.1. The molecule has 0 saturated heterocycles. The average molecular weight is 269 g/mol. The number of hydrogen-bond acceptors (Lipinski definition) is 4. The van der Waals surface area contributed by atoms with E-state index in [9.17, 15) is 0 Å². The molecule has 1 rings (SSSR count). The Labute approximate surface area is 113 Å².